The second-order valence-corrected chi connectivity index (χ2v) is 7.80. The topological polar surface area (TPSA) is 72.0 Å². The van der Waals surface area contributed by atoms with Gasteiger partial charge in [0, 0.05) is 32.9 Å². The highest BCUT2D eigenvalue weighted by Crippen LogP contribution is 2.34. The van der Waals surface area contributed by atoms with Crippen molar-refractivity contribution in [3.05, 3.63) is 24.4 Å². The van der Waals surface area contributed by atoms with Crippen molar-refractivity contribution in [2.24, 2.45) is 0 Å². The molecular weight excluding hydrogens is 306 g/mol. The van der Waals surface area contributed by atoms with Gasteiger partial charge in [-0.1, -0.05) is 6.07 Å². The minimum Gasteiger partial charge on any atom is -0.472 e. The third-order valence-electron chi connectivity index (χ3n) is 4.15. The van der Waals surface area contributed by atoms with Crippen molar-refractivity contribution in [3.63, 3.8) is 0 Å². The third-order valence-corrected chi connectivity index (χ3v) is 6.12. The third kappa shape index (κ3) is 2.83. The second kappa shape index (κ2) is 6.11. The number of ether oxygens (including phenoxy) is 2. The van der Waals surface area contributed by atoms with Gasteiger partial charge in [0.1, 0.15) is 12.2 Å². The number of morpholine rings is 1. The molecule has 3 rings (SSSR count). The first-order valence-electron chi connectivity index (χ1n) is 7.39. The fourth-order valence-electron chi connectivity index (χ4n) is 3.08. The summed E-state index contributed by atoms with van der Waals surface area (Å²) in [6.07, 6.45) is 2.75. The van der Waals surface area contributed by atoms with Crippen molar-refractivity contribution in [2.45, 2.75) is 31.1 Å². The molecule has 0 amide bonds. The van der Waals surface area contributed by atoms with Gasteiger partial charge in [-0.15, -0.1) is 0 Å². The number of fused-ring (bicyclic) bond motifs is 1. The molecule has 7 nitrogen and oxygen atoms in total. The van der Waals surface area contributed by atoms with Crippen LogP contribution in [-0.4, -0.2) is 67.5 Å². The van der Waals surface area contributed by atoms with Gasteiger partial charge in [-0.05, 0) is 18.9 Å². The molecule has 0 unspecified atom stereocenters. The van der Waals surface area contributed by atoms with Crippen molar-refractivity contribution < 1.29 is 17.9 Å². The molecule has 1 saturated heterocycles. The molecule has 2 heterocycles. The number of nitrogens with zero attached hydrogens (tertiary/aromatic N) is 3. The van der Waals surface area contributed by atoms with Crippen LogP contribution in [0.15, 0.2) is 24.4 Å². The number of aromatic nitrogens is 1. The fourth-order valence-corrected chi connectivity index (χ4v) is 4.37. The van der Waals surface area contributed by atoms with E-state index in [9.17, 15) is 8.42 Å². The summed E-state index contributed by atoms with van der Waals surface area (Å²) >= 11 is 0. The first kappa shape index (κ1) is 15.7. The molecule has 1 aromatic heterocycles. The molecule has 0 N–H and O–H groups in total. The van der Waals surface area contributed by atoms with Crippen LogP contribution >= 0.6 is 0 Å². The van der Waals surface area contributed by atoms with E-state index in [0.29, 0.717) is 19.0 Å². The zero-order chi connectivity index (χ0) is 15.7. The minimum absolute atomic E-state index is 0.167. The molecule has 0 aromatic carbocycles. The smallest absolute Gasteiger partial charge is 0.281 e. The average Bonchev–Trinajstić information content (AvgIpc) is 2.91. The van der Waals surface area contributed by atoms with Gasteiger partial charge < -0.3 is 9.47 Å². The quantitative estimate of drug-likeness (QED) is 0.805. The molecule has 3 atom stereocenters. The van der Waals surface area contributed by atoms with Crippen molar-refractivity contribution >= 4 is 10.2 Å². The molecule has 8 heteroatoms. The molecule has 1 aromatic rings. The van der Waals surface area contributed by atoms with Gasteiger partial charge in [0.15, 0.2) is 0 Å². The lowest BCUT2D eigenvalue weighted by atomic mass is 10.1. The molecule has 22 heavy (non-hydrogen) atoms. The van der Waals surface area contributed by atoms with E-state index in [-0.39, 0.29) is 18.2 Å². The van der Waals surface area contributed by atoms with E-state index in [1.54, 1.807) is 30.7 Å². The van der Waals surface area contributed by atoms with E-state index in [1.165, 1.54) is 4.31 Å². The van der Waals surface area contributed by atoms with Gasteiger partial charge in [-0.25, -0.2) is 4.98 Å². The van der Waals surface area contributed by atoms with Crippen molar-refractivity contribution in [1.82, 2.24) is 13.6 Å². The number of hydrogen-bond acceptors (Lipinski definition) is 5. The van der Waals surface area contributed by atoms with E-state index < -0.39 is 10.2 Å². The highest BCUT2D eigenvalue weighted by atomic mass is 32.2. The maximum Gasteiger partial charge on any atom is 0.281 e. The summed E-state index contributed by atoms with van der Waals surface area (Å²) in [5.74, 6) is 0.546. The lowest BCUT2D eigenvalue weighted by molar-refractivity contribution is -0.0677. The Morgan fingerprint density at radius 3 is 2.86 bits per heavy atom. The largest absolute Gasteiger partial charge is 0.472 e. The Balaban J connectivity index is 1.76. The zero-order valence-electron chi connectivity index (χ0n) is 12.8. The average molecular weight is 327 g/mol. The summed E-state index contributed by atoms with van der Waals surface area (Å²) in [5, 5.41) is 0. The van der Waals surface area contributed by atoms with Crippen molar-refractivity contribution in [1.29, 1.82) is 0 Å². The predicted octanol–water partition coefficient (Wildman–Crippen LogP) is 0.499. The van der Waals surface area contributed by atoms with Crippen LogP contribution in [0.5, 0.6) is 5.88 Å². The first-order chi connectivity index (χ1) is 10.5. The zero-order valence-corrected chi connectivity index (χ0v) is 13.6. The SMILES string of the molecule is CN(C)S(=O)(=O)N1CCO[C@H]2[C@H]1CC[C@H]2Oc1ccccn1. The maximum absolute atomic E-state index is 12.4. The van der Waals surface area contributed by atoms with Crippen LogP contribution < -0.4 is 4.74 Å². The van der Waals surface area contributed by atoms with Gasteiger partial charge in [-0.3, -0.25) is 0 Å². The van der Waals surface area contributed by atoms with E-state index in [2.05, 4.69) is 4.98 Å². The minimum atomic E-state index is -3.43. The van der Waals surface area contributed by atoms with Crippen LogP contribution in [0.1, 0.15) is 12.8 Å². The van der Waals surface area contributed by atoms with Crippen LogP contribution in [0, 0.1) is 0 Å². The van der Waals surface area contributed by atoms with Gasteiger partial charge in [0.05, 0.1) is 12.6 Å². The molecule has 122 valence electrons. The molecule has 2 fully saturated rings. The molecule has 1 aliphatic heterocycles. The lowest BCUT2D eigenvalue weighted by Gasteiger charge is -2.38. The summed E-state index contributed by atoms with van der Waals surface area (Å²) in [6.45, 7) is 0.772. The summed E-state index contributed by atoms with van der Waals surface area (Å²) in [5.41, 5.74) is 0. The Morgan fingerprint density at radius 1 is 1.36 bits per heavy atom. The summed E-state index contributed by atoms with van der Waals surface area (Å²) in [4.78, 5) is 4.16. The van der Waals surface area contributed by atoms with E-state index in [1.807, 2.05) is 12.1 Å². The van der Waals surface area contributed by atoms with E-state index >= 15 is 0 Å². The van der Waals surface area contributed by atoms with Gasteiger partial charge in [0.25, 0.3) is 10.2 Å². The number of rotatable bonds is 4. The number of pyridine rings is 1. The fraction of sp³-hybridized carbons (Fsp3) is 0.643. The highest BCUT2D eigenvalue weighted by molar-refractivity contribution is 7.86. The number of hydrogen-bond donors (Lipinski definition) is 0. The first-order valence-corrected chi connectivity index (χ1v) is 8.78. The molecular formula is C14H21N3O4S. The molecule has 1 aliphatic carbocycles. The second-order valence-electron chi connectivity index (χ2n) is 5.71. The van der Waals surface area contributed by atoms with Crippen LogP contribution in [0.3, 0.4) is 0 Å². The predicted molar refractivity (Wildman–Crippen MR) is 80.7 cm³/mol. The van der Waals surface area contributed by atoms with Crippen molar-refractivity contribution in [2.75, 3.05) is 27.2 Å². The Morgan fingerprint density at radius 2 is 2.18 bits per heavy atom. The van der Waals surface area contributed by atoms with Gasteiger partial charge in [0.2, 0.25) is 5.88 Å². The summed E-state index contributed by atoms with van der Waals surface area (Å²) in [6, 6.07) is 5.31. The highest BCUT2D eigenvalue weighted by Gasteiger charge is 2.48. The standard InChI is InChI=1S/C14H21N3O4S/c1-16(2)22(18,19)17-9-10-20-14-11(17)6-7-12(14)21-13-5-3-4-8-15-13/h3-5,8,11-12,14H,6-7,9-10H2,1-2H3/t11-,12-,14+/m1/s1. The van der Waals surface area contributed by atoms with E-state index in [0.717, 1.165) is 12.8 Å². The Kier molecular flexibility index (Phi) is 4.35. The summed E-state index contributed by atoms with van der Waals surface area (Å²) < 4.78 is 39.4. The van der Waals surface area contributed by atoms with Crippen LogP contribution in [0.2, 0.25) is 0 Å². The normalized spacial score (nSPS) is 29.5. The molecule has 0 spiro atoms. The van der Waals surface area contributed by atoms with Gasteiger partial charge in [-0.2, -0.15) is 17.0 Å². The van der Waals surface area contributed by atoms with Crippen LogP contribution in [0.25, 0.3) is 0 Å². The Labute approximate surface area is 131 Å². The Bertz CT molecular complexity index is 608. The molecule has 0 bridgehead atoms. The monoisotopic (exact) mass is 327 g/mol. The lowest BCUT2D eigenvalue weighted by Crippen LogP contribution is -2.56. The summed E-state index contributed by atoms with van der Waals surface area (Å²) in [7, 11) is -0.331. The Hall–Kier alpha value is -1.22. The molecule has 1 saturated carbocycles. The molecule has 0 radical (unpaired) electrons. The van der Waals surface area contributed by atoms with Crippen LogP contribution in [0.4, 0.5) is 0 Å². The van der Waals surface area contributed by atoms with Crippen molar-refractivity contribution in [3.8, 4) is 5.88 Å². The molecule has 2 aliphatic rings. The van der Waals surface area contributed by atoms with E-state index in [4.69, 9.17) is 9.47 Å². The van der Waals surface area contributed by atoms with Crippen LogP contribution in [-0.2, 0) is 14.9 Å². The van der Waals surface area contributed by atoms with Gasteiger partial charge >= 0.3 is 0 Å². The maximum atomic E-state index is 12.4.